The van der Waals surface area contributed by atoms with E-state index >= 15 is 0 Å². The van der Waals surface area contributed by atoms with Crippen molar-refractivity contribution in [1.82, 2.24) is 5.32 Å². The van der Waals surface area contributed by atoms with Crippen molar-refractivity contribution in [2.75, 3.05) is 23.5 Å². The second kappa shape index (κ2) is 6.87. The average molecular weight is 300 g/mol. The van der Waals surface area contributed by atoms with Gasteiger partial charge in [0.05, 0.1) is 24.8 Å². The number of ether oxygens (including phenoxy) is 1. The zero-order valence-corrected chi connectivity index (χ0v) is 13.0. The molecule has 0 spiro atoms. The van der Waals surface area contributed by atoms with Gasteiger partial charge in [-0.1, -0.05) is 36.4 Å². The van der Waals surface area contributed by atoms with Gasteiger partial charge in [0.15, 0.2) is 0 Å². The molecule has 0 amide bonds. The Hall–Kier alpha value is -1.65. The summed E-state index contributed by atoms with van der Waals surface area (Å²) >= 11 is 1.79. The minimum Gasteiger partial charge on any atom is -0.492 e. The van der Waals surface area contributed by atoms with Gasteiger partial charge in [0, 0.05) is 0 Å². The molecule has 0 aliphatic carbocycles. The highest BCUT2D eigenvalue weighted by atomic mass is 32.2. The van der Waals surface area contributed by atoms with Gasteiger partial charge in [0.1, 0.15) is 5.75 Å². The van der Waals surface area contributed by atoms with E-state index in [1.165, 1.54) is 11.1 Å². The third kappa shape index (κ3) is 3.52. The normalized spacial score (nSPS) is 14.4. The highest BCUT2D eigenvalue weighted by Gasteiger charge is 2.17. The number of nitrogens with zero attached hydrogens (tertiary/aromatic N) is 1. The Morgan fingerprint density at radius 2 is 2.00 bits per heavy atom. The molecule has 0 radical (unpaired) electrons. The molecule has 1 heterocycles. The van der Waals surface area contributed by atoms with Crippen molar-refractivity contribution < 1.29 is 4.74 Å². The topological polar surface area (TPSA) is 24.5 Å². The minimum atomic E-state index is 0.688. The van der Waals surface area contributed by atoms with Crippen LogP contribution in [0.5, 0.6) is 5.75 Å². The van der Waals surface area contributed by atoms with Gasteiger partial charge in [-0.15, -0.1) is 0 Å². The average Bonchev–Trinajstić information content (AvgIpc) is 3.03. The molecule has 3 rings (SSSR count). The van der Waals surface area contributed by atoms with Gasteiger partial charge in [-0.25, -0.2) is 0 Å². The summed E-state index contributed by atoms with van der Waals surface area (Å²) < 4.78 is 8.09. The molecule has 4 heteroatoms. The van der Waals surface area contributed by atoms with E-state index in [0.717, 1.165) is 30.4 Å². The van der Waals surface area contributed by atoms with Crippen LogP contribution in [0, 0.1) is 0 Å². The zero-order chi connectivity index (χ0) is 14.5. The van der Waals surface area contributed by atoms with Gasteiger partial charge in [0.25, 0.3) is 0 Å². The smallest absolute Gasteiger partial charge is 0.143 e. The first-order valence-electron chi connectivity index (χ1n) is 7.27. The van der Waals surface area contributed by atoms with Crippen LogP contribution in [0.25, 0.3) is 0 Å². The number of hydrogen-bond acceptors (Lipinski definition) is 4. The first kappa shape index (κ1) is 14.3. The van der Waals surface area contributed by atoms with Crippen molar-refractivity contribution in [3.05, 3.63) is 59.7 Å². The molecule has 0 bridgehead atoms. The summed E-state index contributed by atoms with van der Waals surface area (Å²) in [5.74, 6) is 1.93. The Labute approximate surface area is 130 Å². The summed E-state index contributed by atoms with van der Waals surface area (Å²) in [5, 5.41) is 3.33. The van der Waals surface area contributed by atoms with Crippen molar-refractivity contribution >= 4 is 17.6 Å². The largest absolute Gasteiger partial charge is 0.492 e. The lowest BCUT2D eigenvalue weighted by molar-refractivity contribution is 0.341. The van der Waals surface area contributed by atoms with E-state index in [0.29, 0.717) is 6.61 Å². The van der Waals surface area contributed by atoms with Gasteiger partial charge >= 0.3 is 0 Å². The maximum Gasteiger partial charge on any atom is 0.143 e. The van der Waals surface area contributed by atoms with E-state index in [1.54, 1.807) is 11.9 Å². The number of rotatable bonds is 5. The van der Waals surface area contributed by atoms with E-state index in [9.17, 15) is 0 Å². The van der Waals surface area contributed by atoms with Crippen molar-refractivity contribution in [1.29, 1.82) is 0 Å². The maximum absolute atomic E-state index is 5.84. The summed E-state index contributed by atoms with van der Waals surface area (Å²) in [6.45, 7) is 3.58. The molecule has 1 aliphatic heterocycles. The van der Waals surface area contributed by atoms with E-state index in [1.807, 2.05) is 6.92 Å². The second-order valence-electron chi connectivity index (χ2n) is 4.96. The Bertz CT molecular complexity index is 583. The van der Waals surface area contributed by atoms with Crippen LogP contribution >= 0.6 is 11.9 Å². The molecule has 0 saturated carbocycles. The maximum atomic E-state index is 5.84. The standard InChI is InChI=1S/C17H20N2OS/c1-2-20-17-11-15(10-14-6-4-3-5-7-14)8-9-16(17)19-12-18-13-21-19/h3-9,11,18H,2,10,12-13H2,1H3. The lowest BCUT2D eigenvalue weighted by Crippen LogP contribution is -2.18. The highest BCUT2D eigenvalue weighted by Crippen LogP contribution is 2.35. The third-order valence-corrected chi connectivity index (χ3v) is 4.39. The molecule has 21 heavy (non-hydrogen) atoms. The van der Waals surface area contributed by atoms with Crippen LogP contribution in [0.2, 0.25) is 0 Å². The van der Waals surface area contributed by atoms with E-state index in [2.05, 4.69) is 58.2 Å². The van der Waals surface area contributed by atoms with Crippen molar-refractivity contribution in [2.24, 2.45) is 0 Å². The first-order chi connectivity index (χ1) is 10.4. The van der Waals surface area contributed by atoms with Crippen LogP contribution in [0.4, 0.5) is 5.69 Å². The van der Waals surface area contributed by atoms with Crippen LogP contribution in [0.1, 0.15) is 18.1 Å². The lowest BCUT2D eigenvalue weighted by atomic mass is 10.0. The molecule has 0 unspecified atom stereocenters. The van der Waals surface area contributed by atoms with Crippen molar-refractivity contribution in [2.45, 2.75) is 13.3 Å². The van der Waals surface area contributed by atoms with E-state index in [4.69, 9.17) is 4.74 Å². The fourth-order valence-corrected chi connectivity index (χ4v) is 3.26. The number of nitrogens with one attached hydrogen (secondary N) is 1. The molecule has 1 N–H and O–H groups in total. The summed E-state index contributed by atoms with van der Waals surface area (Å²) in [6, 6.07) is 17.1. The predicted octanol–water partition coefficient (Wildman–Crippen LogP) is 3.65. The number of hydrogen-bond donors (Lipinski definition) is 1. The molecule has 1 fully saturated rings. The summed E-state index contributed by atoms with van der Waals surface area (Å²) in [7, 11) is 0. The SMILES string of the molecule is CCOc1cc(Cc2ccccc2)ccc1N1CNCS1. The minimum absolute atomic E-state index is 0.688. The van der Waals surface area contributed by atoms with Crippen molar-refractivity contribution in [3.8, 4) is 5.75 Å². The van der Waals surface area contributed by atoms with Gasteiger partial charge in [-0.2, -0.15) is 0 Å². The van der Waals surface area contributed by atoms with Gasteiger partial charge < -0.3 is 4.74 Å². The van der Waals surface area contributed by atoms with Gasteiger partial charge in [-0.3, -0.25) is 9.62 Å². The molecule has 0 aromatic heterocycles. The molecule has 3 nitrogen and oxygen atoms in total. The van der Waals surface area contributed by atoms with Crippen LogP contribution in [0.3, 0.4) is 0 Å². The fraction of sp³-hybridized carbons (Fsp3) is 0.294. The fourth-order valence-electron chi connectivity index (χ4n) is 2.45. The first-order valence-corrected chi connectivity index (χ1v) is 8.22. The van der Waals surface area contributed by atoms with Crippen LogP contribution in [-0.2, 0) is 6.42 Å². The predicted molar refractivity (Wildman–Crippen MR) is 89.8 cm³/mol. The second-order valence-corrected chi connectivity index (χ2v) is 5.95. The Balaban J connectivity index is 1.84. The molecule has 2 aromatic carbocycles. The zero-order valence-electron chi connectivity index (χ0n) is 12.2. The number of anilines is 1. The third-order valence-electron chi connectivity index (χ3n) is 3.42. The summed E-state index contributed by atoms with van der Waals surface area (Å²) in [5.41, 5.74) is 3.76. The molecule has 110 valence electrons. The molecule has 2 aromatic rings. The Kier molecular flexibility index (Phi) is 4.68. The molecular weight excluding hydrogens is 280 g/mol. The molecule has 1 saturated heterocycles. The monoisotopic (exact) mass is 300 g/mol. The highest BCUT2D eigenvalue weighted by molar-refractivity contribution is 8.00. The van der Waals surface area contributed by atoms with Crippen LogP contribution in [0.15, 0.2) is 48.5 Å². The number of benzene rings is 2. The van der Waals surface area contributed by atoms with Gasteiger partial charge in [-0.05, 0) is 48.6 Å². The molecule has 0 atom stereocenters. The molecule has 1 aliphatic rings. The quantitative estimate of drug-likeness (QED) is 0.852. The Morgan fingerprint density at radius 3 is 2.71 bits per heavy atom. The van der Waals surface area contributed by atoms with Crippen LogP contribution in [-0.4, -0.2) is 19.2 Å². The van der Waals surface area contributed by atoms with Crippen LogP contribution < -0.4 is 14.4 Å². The van der Waals surface area contributed by atoms with E-state index < -0.39 is 0 Å². The van der Waals surface area contributed by atoms with Gasteiger partial charge in [0.2, 0.25) is 0 Å². The Morgan fingerprint density at radius 1 is 1.14 bits per heavy atom. The van der Waals surface area contributed by atoms with Crippen molar-refractivity contribution in [3.63, 3.8) is 0 Å². The van der Waals surface area contributed by atoms with E-state index in [-0.39, 0.29) is 0 Å². The summed E-state index contributed by atoms with van der Waals surface area (Å²) in [6.07, 6.45) is 0.937. The summed E-state index contributed by atoms with van der Waals surface area (Å²) in [4.78, 5) is 0. The molecular formula is C17H20N2OS. The lowest BCUT2D eigenvalue weighted by Gasteiger charge is -2.20.